The molecule has 0 radical (unpaired) electrons. The molecule has 0 atom stereocenters. The van der Waals surface area contributed by atoms with Crippen molar-refractivity contribution >= 4 is 24.8 Å². The van der Waals surface area contributed by atoms with Gasteiger partial charge in [0.2, 0.25) is 0 Å². The van der Waals surface area contributed by atoms with Crippen molar-refractivity contribution in [2.75, 3.05) is 0 Å². The summed E-state index contributed by atoms with van der Waals surface area (Å²) in [7, 11) is 9.78. The predicted octanol–water partition coefficient (Wildman–Crippen LogP) is 6.88. The van der Waals surface area contributed by atoms with Crippen LogP contribution < -0.4 is 0 Å². The Kier molecular flexibility index (Phi) is 9.92. The summed E-state index contributed by atoms with van der Waals surface area (Å²) in [5.41, 5.74) is 3.32. The van der Waals surface area contributed by atoms with Crippen LogP contribution in [0.2, 0.25) is 0 Å². The second kappa shape index (κ2) is 11.6. The second-order valence-corrected chi connectivity index (χ2v) is 9.85. The summed E-state index contributed by atoms with van der Waals surface area (Å²) in [6, 6.07) is 4.73. The number of aryl methyl sites for hydroxylation is 1. The van der Waals surface area contributed by atoms with Crippen molar-refractivity contribution in [3.63, 3.8) is 0 Å². The molecule has 0 heterocycles. The van der Waals surface area contributed by atoms with E-state index >= 15 is 0 Å². The molecule has 25 heavy (non-hydrogen) atoms. The van der Waals surface area contributed by atoms with Gasteiger partial charge in [-0.3, -0.25) is 4.99 Å². The van der Waals surface area contributed by atoms with E-state index in [2.05, 4.69) is 19.1 Å². The van der Waals surface area contributed by atoms with Crippen molar-refractivity contribution in [2.45, 2.75) is 83.1 Å². The molecular formula is C20H29Cl2NOTi. The molecule has 2 aliphatic rings. The molecular weight excluding hydrogens is 389 g/mol. The van der Waals surface area contributed by atoms with Gasteiger partial charge in [0.05, 0.1) is 0 Å². The number of aliphatic imine (C=N–C) groups is 1. The maximum absolute atomic E-state index is 10.7. The van der Waals surface area contributed by atoms with E-state index in [1.54, 1.807) is 0 Å². The third kappa shape index (κ3) is 6.90. The Morgan fingerprint density at radius 1 is 1.00 bits per heavy atom. The zero-order valence-corrected chi connectivity index (χ0v) is 18.2. The van der Waals surface area contributed by atoms with Crippen molar-refractivity contribution in [2.24, 2.45) is 4.99 Å². The van der Waals surface area contributed by atoms with E-state index in [4.69, 9.17) is 23.6 Å². The van der Waals surface area contributed by atoms with Crippen LogP contribution >= 0.6 is 18.6 Å². The normalized spacial score (nSPS) is 19.5. The summed E-state index contributed by atoms with van der Waals surface area (Å²) >= 11 is -0.556. The number of nitrogens with zero attached hydrogens (tertiary/aromatic N) is 1. The maximum atomic E-state index is 10.7. The number of phenols is 1. The summed E-state index contributed by atoms with van der Waals surface area (Å²) in [4.78, 5) is 4.76. The van der Waals surface area contributed by atoms with Crippen LogP contribution in [0.1, 0.15) is 86.8 Å². The summed E-state index contributed by atoms with van der Waals surface area (Å²) < 4.78 is 0. The number of hydrogen-bond acceptors (Lipinski definition) is 2. The summed E-state index contributed by atoms with van der Waals surface area (Å²) in [5, 5.41) is 10.7. The molecule has 5 heteroatoms. The van der Waals surface area contributed by atoms with E-state index in [1.165, 1.54) is 69.8 Å². The van der Waals surface area contributed by atoms with Gasteiger partial charge < -0.3 is 5.11 Å². The molecule has 2 nitrogen and oxygen atoms in total. The average Bonchev–Trinajstić information content (AvgIpc) is 2.64. The summed E-state index contributed by atoms with van der Waals surface area (Å²) in [6.07, 6.45) is 14.7. The molecule has 0 spiro atoms. The van der Waals surface area contributed by atoms with Crippen molar-refractivity contribution in [3.05, 3.63) is 28.8 Å². The molecule has 2 saturated carbocycles. The molecule has 0 saturated heterocycles. The molecule has 2 fully saturated rings. The minimum absolute atomic E-state index is 0.465. The topological polar surface area (TPSA) is 32.6 Å². The number of phenolic OH excluding ortho intramolecular Hbond substituents is 1. The van der Waals surface area contributed by atoms with Crippen molar-refractivity contribution < 1.29 is 22.1 Å². The molecule has 1 N–H and O–H groups in total. The fraction of sp³-hybridized carbons (Fsp3) is 0.650. The van der Waals surface area contributed by atoms with E-state index in [-0.39, 0.29) is 0 Å². The molecule has 138 valence electrons. The molecule has 2 aliphatic carbocycles. The molecule has 0 amide bonds. The first-order chi connectivity index (χ1) is 12.2. The van der Waals surface area contributed by atoms with E-state index in [9.17, 15) is 5.11 Å². The van der Waals surface area contributed by atoms with Gasteiger partial charge in [-0.25, -0.2) is 0 Å². The second-order valence-electron chi connectivity index (χ2n) is 7.27. The number of hydrogen-bond donors (Lipinski definition) is 1. The van der Waals surface area contributed by atoms with Crippen LogP contribution in [0.3, 0.4) is 0 Å². The molecule has 1 aromatic rings. The minimum atomic E-state index is -0.556. The van der Waals surface area contributed by atoms with Gasteiger partial charge in [-0.2, -0.15) is 0 Å². The van der Waals surface area contributed by atoms with Crippen LogP contribution in [0.25, 0.3) is 0 Å². The number of rotatable bonds is 3. The first-order valence-electron chi connectivity index (χ1n) is 9.48. The van der Waals surface area contributed by atoms with Gasteiger partial charge in [0.25, 0.3) is 0 Å². The van der Waals surface area contributed by atoms with Crippen LogP contribution in [-0.2, 0) is 17.0 Å². The first kappa shape index (κ1) is 21.3. The SMILES string of the molecule is Cc1cc(C=NC2CCCCC2)c(O)c(C2CCCCC2)c1.[Cl][Ti][Cl]. The molecule has 3 rings (SSSR count). The van der Waals surface area contributed by atoms with Gasteiger partial charge >= 0.3 is 35.6 Å². The fourth-order valence-electron chi connectivity index (χ4n) is 4.07. The first-order valence-corrected chi connectivity index (χ1v) is 13.8. The van der Waals surface area contributed by atoms with Gasteiger partial charge in [-0.05, 0) is 55.7 Å². The fourth-order valence-corrected chi connectivity index (χ4v) is 4.07. The third-order valence-corrected chi connectivity index (χ3v) is 5.36. The molecule has 0 aliphatic heterocycles. The Labute approximate surface area is 169 Å². The van der Waals surface area contributed by atoms with Crippen molar-refractivity contribution in [3.8, 4) is 5.75 Å². The predicted molar refractivity (Wildman–Crippen MR) is 105 cm³/mol. The van der Waals surface area contributed by atoms with Crippen LogP contribution in [0.5, 0.6) is 5.75 Å². The Morgan fingerprint density at radius 2 is 1.56 bits per heavy atom. The molecule has 0 bridgehead atoms. The monoisotopic (exact) mass is 417 g/mol. The van der Waals surface area contributed by atoms with Gasteiger partial charge in [0.1, 0.15) is 5.75 Å². The van der Waals surface area contributed by atoms with E-state index in [0.29, 0.717) is 17.7 Å². The van der Waals surface area contributed by atoms with E-state index in [0.717, 1.165) is 11.1 Å². The standard InChI is InChI=1S/C20H29NO.2ClH.Ti/c1-15-12-17(14-21-18-10-6-3-7-11-18)20(22)19(13-15)16-8-4-2-5-9-16;;;/h12-14,16,18,22H,2-11H2,1H3;2*1H;/q;;;+2/p-2. The zero-order valence-electron chi connectivity index (χ0n) is 15.1. The van der Waals surface area contributed by atoms with Gasteiger partial charge in [0, 0.05) is 17.8 Å². The zero-order chi connectivity index (χ0) is 18.1. The average molecular weight is 418 g/mol. The van der Waals surface area contributed by atoms with Crippen LogP contribution in [0.4, 0.5) is 0 Å². The van der Waals surface area contributed by atoms with Gasteiger partial charge in [-0.1, -0.05) is 44.6 Å². The Morgan fingerprint density at radius 3 is 2.16 bits per heavy atom. The molecule has 1 aromatic carbocycles. The van der Waals surface area contributed by atoms with Crippen LogP contribution in [0, 0.1) is 6.92 Å². The van der Waals surface area contributed by atoms with Gasteiger partial charge in [0.15, 0.2) is 0 Å². The van der Waals surface area contributed by atoms with Crippen LogP contribution in [0.15, 0.2) is 17.1 Å². The number of aromatic hydroxyl groups is 1. The third-order valence-electron chi connectivity index (χ3n) is 5.36. The van der Waals surface area contributed by atoms with E-state index in [1.807, 2.05) is 6.21 Å². The summed E-state index contributed by atoms with van der Waals surface area (Å²) in [5.74, 6) is 1.02. The van der Waals surface area contributed by atoms with Gasteiger partial charge in [-0.15, -0.1) is 0 Å². The van der Waals surface area contributed by atoms with Crippen molar-refractivity contribution in [1.29, 1.82) is 0 Å². The quantitative estimate of drug-likeness (QED) is 0.422. The summed E-state index contributed by atoms with van der Waals surface area (Å²) in [6.45, 7) is 2.13. The van der Waals surface area contributed by atoms with Crippen molar-refractivity contribution in [1.82, 2.24) is 0 Å². The Balaban J connectivity index is 0.000000701. The molecule has 0 unspecified atom stereocenters. The Bertz CT molecular complexity index is 553. The Hall–Kier alpha value is -0.0157. The van der Waals surface area contributed by atoms with E-state index < -0.39 is 17.0 Å². The number of halogens is 2. The molecule has 0 aromatic heterocycles. The van der Waals surface area contributed by atoms with Crippen LogP contribution in [-0.4, -0.2) is 17.4 Å². The number of benzene rings is 1.